The Morgan fingerprint density at radius 1 is 1.24 bits per heavy atom. The Morgan fingerprint density at radius 2 is 1.90 bits per heavy atom. The van der Waals surface area contributed by atoms with Gasteiger partial charge in [-0.05, 0) is 37.5 Å². The van der Waals surface area contributed by atoms with E-state index in [2.05, 4.69) is 5.32 Å². The minimum Gasteiger partial charge on any atom is -0.366 e. The Morgan fingerprint density at radius 3 is 2.52 bits per heavy atom. The van der Waals surface area contributed by atoms with Crippen molar-refractivity contribution in [2.75, 3.05) is 5.32 Å². The quantitative estimate of drug-likeness (QED) is 0.791. The summed E-state index contributed by atoms with van der Waals surface area (Å²) in [6.07, 6.45) is 5.45. The highest BCUT2D eigenvalue weighted by atomic mass is 16.2. The monoisotopic (exact) mass is 289 g/mol. The largest absolute Gasteiger partial charge is 0.366 e. The Kier molecular flexibility index (Phi) is 4.63. The number of amides is 2. The van der Waals surface area contributed by atoms with Crippen molar-refractivity contribution in [1.82, 2.24) is 0 Å². The lowest BCUT2D eigenvalue weighted by Crippen LogP contribution is -2.44. The van der Waals surface area contributed by atoms with Crippen molar-refractivity contribution in [3.05, 3.63) is 29.3 Å². The van der Waals surface area contributed by atoms with Crippen molar-refractivity contribution in [2.45, 2.75) is 51.0 Å². The van der Waals surface area contributed by atoms with Gasteiger partial charge in [-0.1, -0.05) is 25.3 Å². The summed E-state index contributed by atoms with van der Waals surface area (Å²) in [5.74, 6) is -0.602. The average Bonchev–Trinajstić information content (AvgIpc) is 2.41. The Labute approximate surface area is 125 Å². The van der Waals surface area contributed by atoms with Gasteiger partial charge in [-0.2, -0.15) is 0 Å². The van der Waals surface area contributed by atoms with Gasteiger partial charge in [0.05, 0.1) is 0 Å². The molecule has 0 aromatic heterocycles. The molecule has 0 heterocycles. The summed E-state index contributed by atoms with van der Waals surface area (Å²) >= 11 is 0. The zero-order valence-corrected chi connectivity index (χ0v) is 12.4. The zero-order chi connectivity index (χ0) is 15.5. The van der Waals surface area contributed by atoms with Gasteiger partial charge in [0.1, 0.15) is 0 Å². The van der Waals surface area contributed by atoms with Gasteiger partial charge in [0.25, 0.3) is 0 Å². The van der Waals surface area contributed by atoms with Crippen LogP contribution in [0, 0.1) is 6.92 Å². The van der Waals surface area contributed by atoms with E-state index < -0.39 is 11.4 Å². The van der Waals surface area contributed by atoms with Gasteiger partial charge in [-0.25, -0.2) is 0 Å². The van der Waals surface area contributed by atoms with Crippen molar-refractivity contribution in [3.8, 4) is 0 Å². The van der Waals surface area contributed by atoms with Crippen LogP contribution in [0.2, 0.25) is 0 Å². The highest BCUT2D eigenvalue weighted by Gasteiger charge is 2.30. The number of hydrogen-bond acceptors (Lipinski definition) is 3. The van der Waals surface area contributed by atoms with Crippen molar-refractivity contribution in [3.63, 3.8) is 0 Å². The summed E-state index contributed by atoms with van der Waals surface area (Å²) < 4.78 is 0. The molecule has 0 radical (unpaired) electrons. The highest BCUT2D eigenvalue weighted by molar-refractivity contribution is 5.98. The Balaban J connectivity index is 2.06. The Bertz CT molecular complexity index is 548. The molecular formula is C16H23N3O2. The molecule has 5 heteroatoms. The molecule has 0 atom stereocenters. The lowest BCUT2D eigenvalue weighted by molar-refractivity contribution is -0.117. The van der Waals surface area contributed by atoms with Crippen LogP contribution in [0.5, 0.6) is 0 Å². The molecule has 0 saturated heterocycles. The van der Waals surface area contributed by atoms with Crippen LogP contribution in [0.1, 0.15) is 54.4 Å². The summed E-state index contributed by atoms with van der Waals surface area (Å²) in [4.78, 5) is 23.5. The molecule has 1 aromatic carbocycles. The minimum absolute atomic E-state index is 0.107. The predicted molar refractivity (Wildman–Crippen MR) is 82.9 cm³/mol. The van der Waals surface area contributed by atoms with E-state index in [1.807, 2.05) is 0 Å². The fourth-order valence-corrected chi connectivity index (χ4v) is 2.98. The van der Waals surface area contributed by atoms with Gasteiger partial charge in [0, 0.05) is 23.2 Å². The second-order valence-electron chi connectivity index (χ2n) is 5.99. The fourth-order valence-electron chi connectivity index (χ4n) is 2.98. The standard InChI is InChI=1S/C16H23N3O2/c1-11-12(15(17)21)6-5-7-13(11)19-14(20)10-16(18)8-3-2-4-9-16/h5-7H,2-4,8-10,18H2,1H3,(H2,17,21)(H,19,20). The van der Waals surface area contributed by atoms with E-state index >= 15 is 0 Å². The molecule has 0 bridgehead atoms. The molecule has 2 amide bonds. The lowest BCUT2D eigenvalue weighted by atomic mass is 9.80. The second kappa shape index (κ2) is 6.26. The molecule has 0 unspecified atom stereocenters. The van der Waals surface area contributed by atoms with Crippen LogP contribution in [0.4, 0.5) is 5.69 Å². The summed E-state index contributed by atoms with van der Waals surface area (Å²) in [6, 6.07) is 5.13. The van der Waals surface area contributed by atoms with Gasteiger partial charge in [-0.15, -0.1) is 0 Å². The third-order valence-electron chi connectivity index (χ3n) is 4.24. The highest BCUT2D eigenvalue weighted by Crippen LogP contribution is 2.29. The van der Waals surface area contributed by atoms with E-state index in [1.54, 1.807) is 25.1 Å². The van der Waals surface area contributed by atoms with E-state index in [0.29, 0.717) is 23.2 Å². The molecule has 1 aliphatic carbocycles. The summed E-state index contributed by atoms with van der Waals surface area (Å²) in [6.45, 7) is 1.77. The molecule has 1 fully saturated rings. The van der Waals surface area contributed by atoms with Crippen LogP contribution in [-0.2, 0) is 4.79 Å². The van der Waals surface area contributed by atoms with Gasteiger partial charge in [0.15, 0.2) is 0 Å². The number of primary amides is 1. The van der Waals surface area contributed by atoms with Crippen LogP contribution in [0.3, 0.4) is 0 Å². The number of nitrogens with two attached hydrogens (primary N) is 2. The summed E-state index contributed by atoms with van der Waals surface area (Å²) in [5.41, 5.74) is 12.9. The molecule has 1 aromatic rings. The number of hydrogen-bond donors (Lipinski definition) is 3. The normalized spacial score (nSPS) is 17.2. The van der Waals surface area contributed by atoms with E-state index in [1.165, 1.54) is 6.42 Å². The first kappa shape index (κ1) is 15.5. The smallest absolute Gasteiger partial charge is 0.249 e. The SMILES string of the molecule is Cc1c(NC(=O)CC2(N)CCCCC2)cccc1C(N)=O. The second-order valence-corrected chi connectivity index (χ2v) is 5.99. The van der Waals surface area contributed by atoms with E-state index in [0.717, 1.165) is 25.7 Å². The number of carbonyl (C=O) groups excluding carboxylic acids is 2. The van der Waals surface area contributed by atoms with Crippen molar-refractivity contribution < 1.29 is 9.59 Å². The minimum atomic E-state index is -0.494. The topological polar surface area (TPSA) is 98.2 Å². The molecule has 1 saturated carbocycles. The Hall–Kier alpha value is -1.88. The molecule has 1 aliphatic rings. The van der Waals surface area contributed by atoms with Gasteiger partial charge in [0.2, 0.25) is 11.8 Å². The van der Waals surface area contributed by atoms with Crippen LogP contribution in [-0.4, -0.2) is 17.4 Å². The summed E-state index contributed by atoms with van der Waals surface area (Å²) in [5, 5.41) is 2.85. The molecular weight excluding hydrogens is 266 g/mol. The number of carbonyl (C=O) groups is 2. The molecule has 2 rings (SSSR count). The first-order chi connectivity index (χ1) is 9.91. The maximum Gasteiger partial charge on any atom is 0.249 e. The fraction of sp³-hybridized carbons (Fsp3) is 0.500. The van der Waals surface area contributed by atoms with Crippen LogP contribution in [0.15, 0.2) is 18.2 Å². The van der Waals surface area contributed by atoms with Gasteiger partial charge in [-0.3, -0.25) is 9.59 Å². The first-order valence-electron chi connectivity index (χ1n) is 7.39. The molecule has 0 spiro atoms. The average molecular weight is 289 g/mol. The summed E-state index contributed by atoms with van der Waals surface area (Å²) in [7, 11) is 0. The molecule has 21 heavy (non-hydrogen) atoms. The van der Waals surface area contributed by atoms with E-state index in [4.69, 9.17) is 11.5 Å². The molecule has 114 valence electrons. The predicted octanol–water partition coefficient (Wildman–Crippen LogP) is 2.08. The van der Waals surface area contributed by atoms with Crippen molar-refractivity contribution >= 4 is 17.5 Å². The molecule has 5 N–H and O–H groups in total. The maximum atomic E-state index is 12.2. The van der Waals surface area contributed by atoms with E-state index in [9.17, 15) is 9.59 Å². The van der Waals surface area contributed by atoms with Gasteiger partial charge >= 0.3 is 0 Å². The van der Waals surface area contributed by atoms with Crippen molar-refractivity contribution in [2.24, 2.45) is 11.5 Å². The zero-order valence-electron chi connectivity index (χ0n) is 12.4. The van der Waals surface area contributed by atoms with Crippen LogP contribution >= 0.6 is 0 Å². The number of rotatable bonds is 4. The van der Waals surface area contributed by atoms with Crippen LogP contribution in [0.25, 0.3) is 0 Å². The van der Waals surface area contributed by atoms with Crippen molar-refractivity contribution in [1.29, 1.82) is 0 Å². The lowest BCUT2D eigenvalue weighted by Gasteiger charge is -2.32. The maximum absolute atomic E-state index is 12.2. The first-order valence-corrected chi connectivity index (χ1v) is 7.39. The third kappa shape index (κ3) is 3.82. The third-order valence-corrected chi connectivity index (χ3v) is 4.24. The molecule has 5 nitrogen and oxygen atoms in total. The van der Waals surface area contributed by atoms with E-state index in [-0.39, 0.29) is 5.91 Å². The molecule has 0 aliphatic heterocycles. The van der Waals surface area contributed by atoms with Crippen LogP contribution < -0.4 is 16.8 Å². The number of anilines is 1. The number of nitrogens with one attached hydrogen (secondary N) is 1. The van der Waals surface area contributed by atoms with Gasteiger partial charge < -0.3 is 16.8 Å². The number of benzene rings is 1.